The van der Waals surface area contributed by atoms with Gasteiger partial charge in [0.05, 0.1) is 6.10 Å². The van der Waals surface area contributed by atoms with Crippen molar-refractivity contribution in [3.63, 3.8) is 0 Å². The lowest BCUT2D eigenvalue weighted by atomic mass is 9.93. The Kier molecular flexibility index (Phi) is 7.09. The van der Waals surface area contributed by atoms with Crippen molar-refractivity contribution in [3.05, 3.63) is 0 Å². The first-order chi connectivity index (χ1) is 8.61. The molecule has 0 heterocycles. The molecule has 0 bridgehead atoms. The third kappa shape index (κ3) is 6.24. The molecule has 18 heavy (non-hydrogen) atoms. The quantitative estimate of drug-likeness (QED) is 0.519. The maximum atomic E-state index is 9.49. The molecule has 4 heteroatoms. The summed E-state index contributed by atoms with van der Waals surface area (Å²) in [5.41, 5.74) is 0. The molecule has 0 spiro atoms. The monoisotopic (exact) mass is 255 g/mol. The van der Waals surface area contributed by atoms with Crippen LogP contribution in [0.3, 0.4) is 0 Å². The highest BCUT2D eigenvalue weighted by atomic mass is 16.3. The van der Waals surface area contributed by atoms with Gasteiger partial charge in [-0.15, -0.1) is 0 Å². The molecule has 0 radical (unpaired) electrons. The van der Waals surface area contributed by atoms with E-state index in [1.807, 2.05) is 0 Å². The van der Waals surface area contributed by atoms with Crippen LogP contribution in [0.15, 0.2) is 4.99 Å². The number of rotatable bonds is 5. The third-order valence-corrected chi connectivity index (χ3v) is 3.36. The van der Waals surface area contributed by atoms with E-state index in [9.17, 15) is 5.11 Å². The molecule has 0 atom stereocenters. The van der Waals surface area contributed by atoms with Gasteiger partial charge in [-0.2, -0.15) is 0 Å². The standard InChI is InChI=1S/C14H29N3O/c1-4-15-14(16-10-9-11(2)3)17-12-5-7-13(18)8-6-12/h11-13,18H,4-10H2,1-3H3,(H2,15,16,17). The van der Waals surface area contributed by atoms with E-state index in [0.717, 1.165) is 51.2 Å². The number of aliphatic hydroxyl groups is 1. The molecule has 3 N–H and O–H groups in total. The van der Waals surface area contributed by atoms with E-state index >= 15 is 0 Å². The van der Waals surface area contributed by atoms with Gasteiger partial charge in [-0.3, -0.25) is 4.99 Å². The number of hydrogen-bond donors (Lipinski definition) is 3. The zero-order valence-electron chi connectivity index (χ0n) is 12.1. The SMILES string of the molecule is CCNC(=NCCC(C)C)NC1CCC(O)CC1. The molecule has 0 aliphatic heterocycles. The van der Waals surface area contributed by atoms with Crippen molar-refractivity contribution in [2.24, 2.45) is 10.9 Å². The van der Waals surface area contributed by atoms with Crippen LogP contribution in [0, 0.1) is 5.92 Å². The fourth-order valence-electron chi connectivity index (χ4n) is 2.17. The molecular formula is C14H29N3O. The third-order valence-electron chi connectivity index (χ3n) is 3.36. The summed E-state index contributed by atoms with van der Waals surface area (Å²) in [4.78, 5) is 4.60. The zero-order valence-corrected chi connectivity index (χ0v) is 12.1. The van der Waals surface area contributed by atoms with E-state index in [4.69, 9.17) is 0 Å². The maximum Gasteiger partial charge on any atom is 0.191 e. The molecule has 1 fully saturated rings. The lowest BCUT2D eigenvalue weighted by Gasteiger charge is -2.27. The number of nitrogens with one attached hydrogen (secondary N) is 2. The lowest BCUT2D eigenvalue weighted by molar-refractivity contribution is 0.120. The number of guanidine groups is 1. The minimum absolute atomic E-state index is 0.0940. The second kappa shape index (κ2) is 8.35. The Labute approximate surface area is 111 Å². The Hall–Kier alpha value is -0.770. The van der Waals surface area contributed by atoms with Crippen molar-refractivity contribution in [1.82, 2.24) is 10.6 Å². The van der Waals surface area contributed by atoms with Gasteiger partial charge in [0.15, 0.2) is 5.96 Å². The van der Waals surface area contributed by atoms with Gasteiger partial charge in [0.1, 0.15) is 0 Å². The molecule has 0 saturated heterocycles. The van der Waals surface area contributed by atoms with Gasteiger partial charge in [0.2, 0.25) is 0 Å². The number of aliphatic imine (C=N–C) groups is 1. The smallest absolute Gasteiger partial charge is 0.191 e. The van der Waals surface area contributed by atoms with Crippen molar-refractivity contribution < 1.29 is 5.11 Å². The van der Waals surface area contributed by atoms with Crippen molar-refractivity contribution in [2.75, 3.05) is 13.1 Å². The van der Waals surface area contributed by atoms with Crippen LogP contribution in [0.5, 0.6) is 0 Å². The van der Waals surface area contributed by atoms with Crippen LogP contribution in [0.4, 0.5) is 0 Å². The van der Waals surface area contributed by atoms with Crippen LogP contribution >= 0.6 is 0 Å². The van der Waals surface area contributed by atoms with E-state index in [1.165, 1.54) is 0 Å². The second-order valence-electron chi connectivity index (χ2n) is 5.59. The van der Waals surface area contributed by atoms with Crippen LogP contribution in [0.25, 0.3) is 0 Å². The van der Waals surface area contributed by atoms with Gasteiger partial charge in [0, 0.05) is 19.1 Å². The molecule has 1 aliphatic rings. The predicted molar refractivity (Wildman–Crippen MR) is 76.8 cm³/mol. The molecule has 0 unspecified atom stereocenters. The van der Waals surface area contributed by atoms with E-state index in [1.54, 1.807) is 0 Å². The highest BCUT2D eigenvalue weighted by Crippen LogP contribution is 2.18. The second-order valence-corrected chi connectivity index (χ2v) is 5.59. The fourth-order valence-corrected chi connectivity index (χ4v) is 2.17. The van der Waals surface area contributed by atoms with Crippen molar-refractivity contribution in [1.29, 1.82) is 0 Å². The maximum absolute atomic E-state index is 9.49. The van der Waals surface area contributed by atoms with Crippen LogP contribution in [0.2, 0.25) is 0 Å². The molecule has 4 nitrogen and oxygen atoms in total. The summed E-state index contributed by atoms with van der Waals surface area (Å²) in [5, 5.41) is 16.3. The molecule has 1 aliphatic carbocycles. The first-order valence-electron chi connectivity index (χ1n) is 7.34. The Morgan fingerprint density at radius 1 is 1.28 bits per heavy atom. The Balaban J connectivity index is 2.36. The highest BCUT2D eigenvalue weighted by Gasteiger charge is 2.19. The van der Waals surface area contributed by atoms with Crippen LogP contribution in [-0.4, -0.2) is 36.3 Å². The predicted octanol–water partition coefficient (Wildman–Crippen LogP) is 1.89. The number of aliphatic hydroxyl groups excluding tert-OH is 1. The van der Waals surface area contributed by atoms with E-state index in [0.29, 0.717) is 12.0 Å². The van der Waals surface area contributed by atoms with Crippen molar-refractivity contribution in [3.8, 4) is 0 Å². The van der Waals surface area contributed by atoms with Gasteiger partial charge >= 0.3 is 0 Å². The van der Waals surface area contributed by atoms with Crippen LogP contribution in [-0.2, 0) is 0 Å². The number of nitrogens with zero attached hydrogens (tertiary/aromatic N) is 1. The van der Waals surface area contributed by atoms with Crippen molar-refractivity contribution in [2.45, 2.75) is 65.0 Å². The Morgan fingerprint density at radius 3 is 2.50 bits per heavy atom. The Bertz CT molecular complexity index is 245. The zero-order chi connectivity index (χ0) is 13.4. The first-order valence-corrected chi connectivity index (χ1v) is 7.34. The summed E-state index contributed by atoms with van der Waals surface area (Å²) in [7, 11) is 0. The molecule has 1 saturated carbocycles. The molecule has 0 aromatic carbocycles. The van der Waals surface area contributed by atoms with E-state index in [2.05, 4.69) is 36.4 Å². The molecule has 106 valence electrons. The van der Waals surface area contributed by atoms with Gasteiger partial charge in [-0.05, 0) is 44.9 Å². The molecule has 0 aromatic rings. The average molecular weight is 255 g/mol. The molecule has 0 amide bonds. The highest BCUT2D eigenvalue weighted by molar-refractivity contribution is 5.80. The van der Waals surface area contributed by atoms with Crippen molar-refractivity contribution >= 4 is 5.96 Å². The summed E-state index contributed by atoms with van der Waals surface area (Å²) < 4.78 is 0. The van der Waals surface area contributed by atoms with E-state index in [-0.39, 0.29) is 6.10 Å². The van der Waals surface area contributed by atoms with E-state index < -0.39 is 0 Å². The fraction of sp³-hybridized carbons (Fsp3) is 0.929. The first kappa shape index (κ1) is 15.3. The van der Waals surface area contributed by atoms with Gasteiger partial charge in [0.25, 0.3) is 0 Å². The van der Waals surface area contributed by atoms with Gasteiger partial charge in [-0.25, -0.2) is 0 Å². The average Bonchev–Trinajstić information content (AvgIpc) is 2.32. The summed E-state index contributed by atoms with van der Waals surface area (Å²) in [6.07, 6.45) is 4.92. The summed E-state index contributed by atoms with van der Waals surface area (Å²) in [5.74, 6) is 1.63. The van der Waals surface area contributed by atoms with Crippen LogP contribution < -0.4 is 10.6 Å². The van der Waals surface area contributed by atoms with Gasteiger partial charge < -0.3 is 15.7 Å². The van der Waals surface area contributed by atoms with Gasteiger partial charge in [-0.1, -0.05) is 13.8 Å². The summed E-state index contributed by atoms with van der Waals surface area (Å²) in [6.45, 7) is 8.30. The normalized spacial score (nSPS) is 25.3. The minimum atomic E-state index is -0.0940. The topological polar surface area (TPSA) is 56.7 Å². The minimum Gasteiger partial charge on any atom is -0.393 e. The lowest BCUT2D eigenvalue weighted by Crippen LogP contribution is -2.45. The summed E-state index contributed by atoms with van der Waals surface area (Å²) in [6, 6.07) is 0.463. The summed E-state index contributed by atoms with van der Waals surface area (Å²) >= 11 is 0. The number of hydrogen-bond acceptors (Lipinski definition) is 2. The molecule has 1 rings (SSSR count). The molecule has 0 aromatic heterocycles. The van der Waals surface area contributed by atoms with Crippen LogP contribution in [0.1, 0.15) is 52.9 Å². The Morgan fingerprint density at radius 2 is 1.94 bits per heavy atom. The largest absolute Gasteiger partial charge is 0.393 e. The molecular weight excluding hydrogens is 226 g/mol.